The molecule has 0 heterocycles. The smallest absolute Gasteiger partial charge is 0.172 e. The monoisotopic (exact) mass is 352 g/mol. The first-order valence-corrected chi connectivity index (χ1v) is 9.16. The number of methoxy groups -OCH3 is 1. The lowest BCUT2D eigenvalue weighted by atomic mass is 9.52. The molecule has 2 bridgehead atoms. The van der Waals surface area contributed by atoms with Gasteiger partial charge in [-0.1, -0.05) is 43.7 Å². The average molecular weight is 352 g/mol. The zero-order chi connectivity index (χ0) is 18.8. The number of ether oxygens (including phenoxy) is 1. The Kier molecular flexibility index (Phi) is 3.74. The molecule has 1 aromatic rings. The summed E-state index contributed by atoms with van der Waals surface area (Å²) in [5.74, 6) is -0.632. The van der Waals surface area contributed by atoms with Crippen molar-refractivity contribution in [3.63, 3.8) is 0 Å². The molecule has 0 amide bonds. The van der Waals surface area contributed by atoms with E-state index in [1.165, 1.54) is 0 Å². The molecule has 4 aliphatic carbocycles. The van der Waals surface area contributed by atoms with Crippen molar-refractivity contribution in [3.05, 3.63) is 47.6 Å². The van der Waals surface area contributed by atoms with Gasteiger partial charge in [0.05, 0.1) is 13.0 Å². The Hall–Kier alpha value is -2.20. The minimum atomic E-state index is -1.41. The summed E-state index contributed by atoms with van der Waals surface area (Å²) < 4.78 is 5.19. The van der Waals surface area contributed by atoms with Gasteiger partial charge >= 0.3 is 0 Å². The van der Waals surface area contributed by atoms with Crippen LogP contribution in [0, 0.1) is 29.6 Å². The molecule has 136 valence electrons. The largest absolute Gasteiger partial charge is 0.497 e. The van der Waals surface area contributed by atoms with Crippen LogP contribution in [0.5, 0.6) is 5.75 Å². The highest BCUT2D eigenvalue weighted by atomic mass is 16.5. The highest BCUT2D eigenvalue weighted by Crippen LogP contribution is 2.57. The zero-order valence-electron chi connectivity index (χ0n) is 15.5. The van der Waals surface area contributed by atoms with Crippen molar-refractivity contribution < 1.29 is 19.4 Å². The van der Waals surface area contributed by atoms with Gasteiger partial charge in [-0.15, -0.1) is 0 Å². The number of benzene rings is 1. The Labute approximate surface area is 153 Å². The average Bonchev–Trinajstić information content (AvgIpc) is 2.96. The van der Waals surface area contributed by atoms with Gasteiger partial charge in [-0.3, -0.25) is 9.59 Å². The maximum Gasteiger partial charge on any atom is 0.172 e. The molecule has 0 aromatic heterocycles. The second-order valence-electron chi connectivity index (χ2n) is 8.11. The maximum absolute atomic E-state index is 13.2. The van der Waals surface area contributed by atoms with Crippen molar-refractivity contribution in [2.24, 2.45) is 29.6 Å². The molecule has 1 N–H and O–H groups in total. The Balaban J connectivity index is 1.78. The Morgan fingerprint density at radius 3 is 2.35 bits per heavy atom. The fourth-order valence-corrected chi connectivity index (χ4v) is 4.95. The molecule has 5 atom stereocenters. The normalized spacial score (nSPS) is 35.5. The topological polar surface area (TPSA) is 63.6 Å². The fourth-order valence-electron chi connectivity index (χ4n) is 4.95. The highest BCUT2D eigenvalue weighted by molar-refractivity contribution is 6.25. The summed E-state index contributed by atoms with van der Waals surface area (Å²) in [6.45, 7) is 5.68. The van der Waals surface area contributed by atoms with Gasteiger partial charge in [-0.05, 0) is 36.5 Å². The van der Waals surface area contributed by atoms with Crippen LogP contribution in [0.3, 0.4) is 0 Å². The highest BCUT2D eigenvalue weighted by Gasteiger charge is 2.62. The molecule has 5 rings (SSSR count). The Morgan fingerprint density at radius 2 is 1.77 bits per heavy atom. The van der Waals surface area contributed by atoms with Crippen molar-refractivity contribution in [3.8, 4) is 5.75 Å². The minimum Gasteiger partial charge on any atom is -0.497 e. The maximum atomic E-state index is 13.2. The molecular weight excluding hydrogens is 328 g/mol. The summed E-state index contributed by atoms with van der Waals surface area (Å²) in [7, 11) is 1.61. The standard InChI is InChI=1S/C22H24O4/c1-11(2)14-10-17-16-9-15(12-5-7-13(26-4)8-6-12)20(23)18(16)19(14)21(24)22(17,3)25/h5-11,16-19,25H,1-4H3/t16-,17+,18-,19-,22-/m1/s1. The Morgan fingerprint density at radius 1 is 1.12 bits per heavy atom. The van der Waals surface area contributed by atoms with Crippen molar-refractivity contribution in [2.45, 2.75) is 26.4 Å². The van der Waals surface area contributed by atoms with Gasteiger partial charge in [0.15, 0.2) is 11.6 Å². The van der Waals surface area contributed by atoms with Gasteiger partial charge in [-0.2, -0.15) is 0 Å². The first-order valence-electron chi connectivity index (χ1n) is 9.16. The van der Waals surface area contributed by atoms with E-state index in [0.29, 0.717) is 5.57 Å². The molecule has 0 saturated heterocycles. The number of rotatable bonds is 3. The molecule has 0 radical (unpaired) electrons. The molecule has 0 aliphatic heterocycles. The third-order valence-corrected chi connectivity index (χ3v) is 6.34. The predicted octanol–water partition coefficient (Wildman–Crippen LogP) is 3.06. The van der Waals surface area contributed by atoms with Gasteiger partial charge in [0, 0.05) is 17.4 Å². The number of carbonyl (C=O) groups excluding carboxylic acids is 2. The summed E-state index contributed by atoms with van der Waals surface area (Å²) in [6, 6.07) is 7.41. The zero-order valence-corrected chi connectivity index (χ0v) is 15.5. The van der Waals surface area contributed by atoms with E-state index in [-0.39, 0.29) is 35.2 Å². The van der Waals surface area contributed by atoms with E-state index in [1.807, 2.05) is 44.2 Å². The third kappa shape index (κ3) is 2.18. The van der Waals surface area contributed by atoms with Gasteiger partial charge in [0.25, 0.3) is 0 Å². The molecule has 1 aromatic carbocycles. The van der Waals surface area contributed by atoms with Gasteiger partial charge < -0.3 is 9.84 Å². The van der Waals surface area contributed by atoms with Crippen LogP contribution in [0.2, 0.25) is 0 Å². The molecular formula is C22H24O4. The quantitative estimate of drug-likeness (QED) is 0.849. The number of hydrogen-bond acceptors (Lipinski definition) is 4. The number of allylic oxidation sites excluding steroid dienone is 3. The van der Waals surface area contributed by atoms with Crippen LogP contribution >= 0.6 is 0 Å². The summed E-state index contributed by atoms with van der Waals surface area (Å²) in [4.78, 5) is 26.2. The molecule has 0 unspecified atom stereocenters. The van der Waals surface area contributed by atoms with E-state index in [2.05, 4.69) is 6.08 Å². The van der Waals surface area contributed by atoms with E-state index in [0.717, 1.165) is 16.9 Å². The van der Waals surface area contributed by atoms with Crippen molar-refractivity contribution >= 4 is 17.1 Å². The second kappa shape index (κ2) is 5.65. The Bertz CT molecular complexity index is 841. The van der Waals surface area contributed by atoms with Crippen molar-refractivity contribution in [1.82, 2.24) is 0 Å². The predicted molar refractivity (Wildman–Crippen MR) is 98.5 cm³/mol. The summed E-state index contributed by atoms with van der Waals surface area (Å²) >= 11 is 0. The summed E-state index contributed by atoms with van der Waals surface area (Å²) in [6.07, 6.45) is 4.03. The molecule has 0 spiro atoms. The fraction of sp³-hybridized carbons (Fsp3) is 0.455. The second-order valence-corrected chi connectivity index (χ2v) is 8.11. The summed E-state index contributed by atoms with van der Waals surface area (Å²) in [5, 5.41) is 10.8. The van der Waals surface area contributed by atoms with Crippen molar-refractivity contribution in [1.29, 1.82) is 0 Å². The van der Waals surface area contributed by atoms with Crippen LogP contribution in [0.1, 0.15) is 26.3 Å². The number of Topliss-reactive ketones (excluding diaryl/α,β-unsaturated/α-hetero) is 2. The number of hydrogen-bond donors (Lipinski definition) is 1. The molecule has 1 saturated carbocycles. The van der Waals surface area contributed by atoms with Crippen LogP contribution in [0.4, 0.5) is 0 Å². The van der Waals surface area contributed by atoms with E-state index in [9.17, 15) is 14.7 Å². The lowest BCUT2D eigenvalue weighted by Gasteiger charge is -2.51. The molecule has 4 nitrogen and oxygen atoms in total. The molecule has 26 heavy (non-hydrogen) atoms. The first-order chi connectivity index (χ1) is 12.3. The third-order valence-electron chi connectivity index (χ3n) is 6.34. The van der Waals surface area contributed by atoms with Gasteiger partial charge in [0.2, 0.25) is 0 Å². The van der Waals surface area contributed by atoms with Crippen LogP contribution in [-0.4, -0.2) is 29.4 Å². The molecule has 4 aliphatic rings. The molecule has 4 heteroatoms. The number of aliphatic hydroxyl groups is 1. The lowest BCUT2D eigenvalue weighted by Crippen LogP contribution is -2.60. The number of fused-ring (bicyclic) bond motifs is 1. The van der Waals surface area contributed by atoms with E-state index in [1.54, 1.807) is 14.0 Å². The van der Waals surface area contributed by atoms with Gasteiger partial charge in [-0.25, -0.2) is 0 Å². The van der Waals surface area contributed by atoms with Gasteiger partial charge in [0.1, 0.15) is 11.4 Å². The van der Waals surface area contributed by atoms with Crippen LogP contribution in [0.25, 0.3) is 5.57 Å². The van der Waals surface area contributed by atoms with Crippen LogP contribution in [-0.2, 0) is 9.59 Å². The minimum absolute atomic E-state index is 0.0188. The van der Waals surface area contributed by atoms with Crippen LogP contribution < -0.4 is 4.74 Å². The van der Waals surface area contributed by atoms with E-state index in [4.69, 9.17) is 4.74 Å². The summed E-state index contributed by atoms with van der Waals surface area (Å²) in [5.41, 5.74) is 1.09. The SMILES string of the molecule is COc1ccc(C2=C[C@H]3[C@@H](C2=O)[C@@H]2C(=O)[C@](C)(O)[C@H]3C=C2C(C)C)cc1. The van der Waals surface area contributed by atoms with Crippen LogP contribution in [0.15, 0.2) is 42.0 Å². The van der Waals surface area contributed by atoms with Crippen molar-refractivity contribution in [2.75, 3.05) is 7.11 Å². The van der Waals surface area contributed by atoms with E-state index >= 15 is 0 Å². The lowest BCUT2D eigenvalue weighted by molar-refractivity contribution is -0.159. The number of ketones is 2. The molecule has 1 fully saturated rings. The van der Waals surface area contributed by atoms with E-state index < -0.39 is 11.5 Å². The first kappa shape index (κ1) is 17.2. The number of carbonyl (C=O) groups is 2.